The molecular weight excluding hydrogens is 414 g/mol. The number of carbonyl (C=O) groups excluding carboxylic acids is 1. The summed E-state index contributed by atoms with van der Waals surface area (Å²) >= 11 is 0. The number of likely N-dealkylation sites (tertiary alicyclic amines) is 1. The molecule has 3 rings (SSSR count). The van der Waals surface area contributed by atoms with Gasteiger partial charge in [0.05, 0.1) is 4.92 Å². The summed E-state index contributed by atoms with van der Waals surface area (Å²) in [5.74, 6) is 0.899. The van der Waals surface area contributed by atoms with Crippen molar-refractivity contribution in [3.63, 3.8) is 0 Å². The molecular formula is C21H29N7O4. The summed E-state index contributed by atoms with van der Waals surface area (Å²) in [6.45, 7) is 6.62. The first kappa shape index (κ1) is 23.4. The molecule has 1 aliphatic heterocycles. The van der Waals surface area contributed by atoms with Gasteiger partial charge in [-0.05, 0) is 38.8 Å². The van der Waals surface area contributed by atoms with Gasteiger partial charge >= 0.3 is 6.03 Å². The molecule has 1 aromatic carbocycles. The van der Waals surface area contributed by atoms with E-state index in [0.29, 0.717) is 18.1 Å². The van der Waals surface area contributed by atoms with Crippen LogP contribution in [-0.2, 0) is 0 Å². The summed E-state index contributed by atoms with van der Waals surface area (Å²) in [4.78, 5) is 35.2. The van der Waals surface area contributed by atoms with Crippen molar-refractivity contribution < 1.29 is 14.5 Å². The molecule has 32 heavy (non-hydrogen) atoms. The fraction of sp³-hybridized carbons (Fsp3) is 0.476. The van der Waals surface area contributed by atoms with E-state index in [1.807, 2.05) is 0 Å². The van der Waals surface area contributed by atoms with Crippen LogP contribution >= 0.6 is 0 Å². The number of nitro groups is 1. The standard InChI is InChI=1S/C21H29N7O4/c1-21(2,13-22)27-10-8-15(9-11-27)26(3)20(29)25-18-12-19(24-14-23-18)32-17-6-4-16(5-7-17)28(30)31/h4-7,12,14-15H,8-11,13,22H2,1-3H3,(H,23,24,25,29). The minimum atomic E-state index is -0.485. The monoisotopic (exact) mass is 443 g/mol. The predicted molar refractivity (Wildman–Crippen MR) is 120 cm³/mol. The van der Waals surface area contributed by atoms with Crippen LogP contribution in [0.1, 0.15) is 26.7 Å². The minimum Gasteiger partial charge on any atom is -0.439 e. The second kappa shape index (κ2) is 9.88. The van der Waals surface area contributed by atoms with Gasteiger partial charge in [-0.3, -0.25) is 20.3 Å². The number of nitrogens with one attached hydrogen (secondary N) is 1. The number of hydrogen-bond donors (Lipinski definition) is 2. The van der Waals surface area contributed by atoms with Crippen LogP contribution in [0.25, 0.3) is 0 Å². The molecule has 2 heterocycles. The third kappa shape index (κ3) is 5.68. The van der Waals surface area contributed by atoms with E-state index in [-0.39, 0.29) is 29.2 Å². The number of amides is 2. The van der Waals surface area contributed by atoms with Crippen LogP contribution in [0, 0.1) is 10.1 Å². The maximum Gasteiger partial charge on any atom is 0.323 e. The van der Waals surface area contributed by atoms with Gasteiger partial charge in [0, 0.05) is 56.5 Å². The quantitative estimate of drug-likeness (QED) is 0.492. The number of carbonyl (C=O) groups is 1. The lowest BCUT2D eigenvalue weighted by atomic mass is 9.96. The lowest BCUT2D eigenvalue weighted by Gasteiger charge is -2.44. The van der Waals surface area contributed by atoms with Crippen molar-refractivity contribution in [1.82, 2.24) is 19.8 Å². The lowest BCUT2D eigenvalue weighted by molar-refractivity contribution is -0.384. The second-order valence-corrected chi connectivity index (χ2v) is 8.37. The Kier molecular flexibility index (Phi) is 7.21. The van der Waals surface area contributed by atoms with Crippen LogP contribution in [0.5, 0.6) is 11.6 Å². The molecule has 1 saturated heterocycles. The molecule has 0 atom stereocenters. The maximum atomic E-state index is 12.7. The SMILES string of the molecule is CN(C(=O)Nc1cc(Oc2ccc([N+](=O)[O-])cc2)ncn1)C1CCN(C(C)(C)CN)CC1. The Hall–Kier alpha value is -3.31. The van der Waals surface area contributed by atoms with Crippen LogP contribution in [0.15, 0.2) is 36.7 Å². The van der Waals surface area contributed by atoms with Crippen molar-refractivity contribution in [2.45, 2.75) is 38.3 Å². The highest BCUT2D eigenvalue weighted by molar-refractivity contribution is 5.88. The molecule has 2 amide bonds. The smallest absolute Gasteiger partial charge is 0.323 e. The molecule has 2 aromatic rings. The van der Waals surface area contributed by atoms with Gasteiger partial charge in [0.15, 0.2) is 0 Å². The fourth-order valence-electron chi connectivity index (χ4n) is 3.57. The van der Waals surface area contributed by atoms with Gasteiger partial charge in [-0.15, -0.1) is 0 Å². The summed E-state index contributed by atoms with van der Waals surface area (Å²) < 4.78 is 5.61. The number of nitro benzene ring substituents is 1. The zero-order valence-electron chi connectivity index (χ0n) is 18.5. The van der Waals surface area contributed by atoms with Gasteiger partial charge in [0.2, 0.25) is 5.88 Å². The Labute approximate surface area is 186 Å². The Morgan fingerprint density at radius 2 is 1.97 bits per heavy atom. The van der Waals surface area contributed by atoms with E-state index >= 15 is 0 Å². The zero-order chi connectivity index (χ0) is 23.3. The number of urea groups is 1. The molecule has 172 valence electrons. The molecule has 0 saturated carbocycles. The van der Waals surface area contributed by atoms with Gasteiger partial charge in [-0.1, -0.05) is 0 Å². The average Bonchev–Trinajstić information content (AvgIpc) is 2.79. The van der Waals surface area contributed by atoms with Crippen molar-refractivity contribution in [1.29, 1.82) is 0 Å². The molecule has 0 bridgehead atoms. The molecule has 11 nitrogen and oxygen atoms in total. The van der Waals surface area contributed by atoms with Gasteiger partial charge in [-0.25, -0.2) is 14.8 Å². The third-order valence-electron chi connectivity index (χ3n) is 5.84. The summed E-state index contributed by atoms with van der Waals surface area (Å²) in [5, 5.41) is 13.5. The molecule has 1 fully saturated rings. The fourth-order valence-corrected chi connectivity index (χ4v) is 3.57. The molecule has 0 unspecified atom stereocenters. The number of nitrogens with two attached hydrogens (primary N) is 1. The minimum absolute atomic E-state index is 0.0338. The van der Waals surface area contributed by atoms with Crippen LogP contribution in [0.2, 0.25) is 0 Å². The first-order valence-electron chi connectivity index (χ1n) is 10.4. The molecule has 1 aromatic heterocycles. The average molecular weight is 444 g/mol. The molecule has 0 aliphatic carbocycles. The normalized spacial score (nSPS) is 15.2. The summed E-state index contributed by atoms with van der Waals surface area (Å²) in [7, 11) is 1.78. The number of benzene rings is 1. The van der Waals surface area contributed by atoms with E-state index in [4.69, 9.17) is 10.5 Å². The van der Waals surface area contributed by atoms with E-state index in [2.05, 4.69) is 34.0 Å². The largest absolute Gasteiger partial charge is 0.439 e. The third-order valence-corrected chi connectivity index (χ3v) is 5.84. The van der Waals surface area contributed by atoms with Gasteiger partial charge in [0.25, 0.3) is 5.69 Å². The van der Waals surface area contributed by atoms with Crippen LogP contribution in [0.4, 0.5) is 16.3 Å². The highest BCUT2D eigenvalue weighted by Gasteiger charge is 2.32. The summed E-state index contributed by atoms with van der Waals surface area (Å²) in [6, 6.07) is 7.00. The van der Waals surface area contributed by atoms with Crippen LogP contribution in [0.3, 0.4) is 0 Å². The number of anilines is 1. The Bertz CT molecular complexity index is 943. The number of aromatic nitrogens is 2. The van der Waals surface area contributed by atoms with Crippen LogP contribution < -0.4 is 15.8 Å². The van der Waals surface area contributed by atoms with Crippen molar-refractivity contribution in [3.8, 4) is 11.6 Å². The van der Waals surface area contributed by atoms with E-state index in [1.165, 1.54) is 36.7 Å². The molecule has 3 N–H and O–H groups in total. The summed E-state index contributed by atoms with van der Waals surface area (Å²) in [5.41, 5.74) is 5.80. The first-order valence-corrected chi connectivity index (χ1v) is 10.4. The van der Waals surface area contributed by atoms with E-state index in [1.54, 1.807) is 11.9 Å². The van der Waals surface area contributed by atoms with E-state index in [9.17, 15) is 14.9 Å². The number of ether oxygens (including phenoxy) is 1. The van der Waals surface area contributed by atoms with E-state index in [0.717, 1.165) is 25.9 Å². The topological polar surface area (TPSA) is 140 Å². The first-order chi connectivity index (χ1) is 15.2. The number of non-ortho nitro benzene ring substituents is 1. The van der Waals surface area contributed by atoms with Gasteiger partial charge in [0.1, 0.15) is 17.9 Å². The van der Waals surface area contributed by atoms with Crippen molar-refractivity contribution in [2.75, 3.05) is 32.0 Å². The lowest BCUT2D eigenvalue weighted by Crippen LogP contribution is -2.55. The number of piperidine rings is 1. The maximum absolute atomic E-state index is 12.7. The number of rotatable bonds is 7. The Morgan fingerprint density at radius 3 is 2.56 bits per heavy atom. The highest BCUT2D eigenvalue weighted by atomic mass is 16.6. The van der Waals surface area contributed by atoms with Gasteiger partial charge in [-0.2, -0.15) is 0 Å². The zero-order valence-corrected chi connectivity index (χ0v) is 18.5. The molecule has 0 spiro atoms. The summed E-state index contributed by atoms with van der Waals surface area (Å²) in [6.07, 6.45) is 3.01. The van der Waals surface area contributed by atoms with Crippen molar-refractivity contribution in [3.05, 3.63) is 46.8 Å². The Morgan fingerprint density at radius 1 is 1.31 bits per heavy atom. The molecule has 0 radical (unpaired) electrons. The van der Waals surface area contributed by atoms with E-state index < -0.39 is 4.92 Å². The number of nitrogens with zero attached hydrogens (tertiary/aromatic N) is 5. The predicted octanol–water partition coefficient (Wildman–Crippen LogP) is 2.84. The Balaban J connectivity index is 1.56. The molecule has 1 aliphatic rings. The van der Waals surface area contributed by atoms with Gasteiger partial charge < -0.3 is 15.4 Å². The van der Waals surface area contributed by atoms with Crippen molar-refractivity contribution in [2.24, 2.45) is 5.73 Å². The number of hydrogen-bond acceptors (Lipinski definition) is 8. The van der Waals surface area contributed by atoms with Crippen LogP contribution in [-0.4, -0.2) is 69.0 Å². The highest BCUT2D eigenvalue weighted by Crippen LogP contribution is 2.25. The van der Waals surface area contributed by atoms with Crippen molar-refractivity contribution >= 4 is 17.5 Å². The molecule has 11 heteroatoms. The second-order valence-electron chi connectivity index (χ2n) is 8.37.